The summed E-state index contributed by atoms with van der Waals surface area (Å²) in [5.41, 5.74) is 4.22. The molecule has 4 heteroatoms. The van der Waals surface area contributed by atoms with Gasteiger partial charge in [0.1, 0.15) is 11.6 Å². The standard InChI is InChI=1S/C18H16BrN3/c1-12-6-5-7-14(10-12)17-11-18(21-13(2)20-17)22-16-9-4-3-8-15(16)19/h3-11H,1-2H3,(H,20,21,22). The zero-order valence-electron chi connectivity index (χ0n) is 12.5. The molecule has 1 aromatic heterocycles. The molecule has 110 valence electrons. The number of nitrogens with zero attached hydrogens (tertiary/aromatic N) is 2. The Kier molecular flexibility index (Phi) is 4.20. The molecule has 0 radical (unpaired) electrons. The topological polar surface area (TPSA) is 37.8 Å². The fourth-order valence-electron chi connectivity index (χ4n) is 2.28. The third-order valence-corrected chi connectivity index (χ3v) is 3.98. The van der Waals surface area contributed by atoms with E-state index in [1.165, 1.54) is 5.56 Å². The summed E-state index contributed by atoms with van der Waals surface area (Å²) >= 11 is 3.54. The van der Waals surface area contributed by atoms with Crippen LogP contribution in [-0.2, 0) is 0 Å². The molecule has 3 aromatic rings. The van der Waals surface area contributed by atoms with E-state index in [1.807, 2.05) is 43.3 Å². The Labute approximate surface area is 138 Å². The minimum atomic E-state index is 0.744. The second-order valence-electron chi connectivity index (χ2n) is 5.16. The molecular weight excluding hydrogens is 338 g/mol. The molecule has 0 atom stereocenters. The molecule has 0 bridgehead atoms. The van der Waals surface area contributed by atoms with E-state index >= 15 is 0 Å². The van der Waals surface area contributed by atoms with E-state index in [4.69, 9.17) is 0 Å². The van der Waals surface area contributed by atoms with Gasteiger partial charge in [-0.1, -0.05) is 35.9 Å². The smallest absolute Gasteiger partial charge is 0.134 e. The maximum Gasteiger partial charge on any atom is 0.134 e. The molecule has 0 fully saturated rings. The zero-order valence-corrected chi connectivity index (χ0v) is 14.1. The molecule has 0 amide bonds. The van der Waals surface area contributed by atoms with Crippen LogP contribution in [0.5, 0.6) is 0 Å². The van der Waals surface area contributed by atoms with E-state index in [0.29, 0.717) is 0 Å². The van der Waals surface area contributed by atoms with Gasteiger partial charge in [-0.3, -0.25) is 0 Å². The average molecular weight is 354 g/mol. The summed E-state index contributed by atoms with van der Waals surface area (Å²) in [6.07, 6.45) is 0. The minimum Gasteiger partial charge on any atom is -0.339 e. The van der Waals surface area contributed by atoms with Gasteiger partial charge in [-0.25, -0.2) is 9.97 Å². The number of halogens is 1. The molecule has 0 saturated heterocycles. The second kappa shape index (κ2) is 6.28. The number of aromatic nitrogens is 2. The first-order valence-corrected chi connectivity index (χ1v) is 7.85. The van der Waals surface area contributed by atoms with E-state index in [9.17, 15) is 0 Å². The van der Waals surface area contributed by atoms with Gasteiger partial charge >= 0.3 is 0 Å². The summed E-state index contributed by atoms with van der Waals surface area (Å²) in [6, 6.07) is 18.3. The molecule has 0 unspecified atom stereocenters. The van der Waals surface area contributed by atoms with Gasteiger partial charge < -0.3 is 5.32 Å². The van der Waals surface area contributed by atoms with E-state index in [2.05, 4.69) is 56.3 Å². The Bertz CT molecular complexity index is 815. The van der Waals surface area contributed by atoms with Crippen molar-refractivity contribution in [2.75, 3.05) is 5.32 Å². The zero-order chi connectivity index (χ0) is 15.5. The van der Waals surface area contributed by atoms with Crippen molar-refractivity contribution in [1.29, 1.82) is 0 Å². The maximum atomic E-state index is 4.55. The van der Waals surface area contributed by atoms with Gasteiger partial charge in [-0.15, -0.1) is 0 Å². The van der Waals surface area contributed by atoms with Crippen LogP contribution in [0, 0.1) is 13.8 Å². The normalized spacial score (nSPS) is 10.5. The van der Waals surface area contributed by atoms with Crippen LogP contribution in [0.2, 0.25) is 0 Å². The summed E-state index contributed by atoms with van der Waals surface area (Å²) in [5, 5.41) is 3.34. The number of rotatable bonds is 3. The van der Waals surface area contributed by atoms with Crippen molar-refractivity contribution in [3.8, 4) is 11.3 Å². The fraction of sp³-hybridized carbons (Fsp3) is 0.111. The predicted molar refractivity (Wildman–Crippen MR) is 94.4 cm³/mol. The first kappa shape index (κ1) is 14.7. The van der Waals surface area contributed by atoms with Crippen LogP contribution in [0.1, 0.15) is 11.4 Å². The molecule has 0 aliphatic rings. The van der Waals surface area contributed by atoms with Crippen molar-refractivity contribution in [3.63, 3.8) is 0 Å². The maximum absolute atomic E-state index is 4.55. The van der Waals surface area contributed by atoms with Crippen LogP contribution in [0.15, 0.2) is 59.1 Å². The molecule has 1 N–H and O–H groups in total. The van der Waals surface area contributed by atoms with Gasteiger partial charge in [0, 0.05) is 16.1 Å². The van der Waals surface area contributed by atoms with Crippen molar-refractivity contribution >= 4 is 27.4 Å². The van der Waals surface area contributed by atoms with E-state index in [1.54, 1.807) is 0 Å². The summed E-state index contributed by atoms with van der Waals surface area (Å²) in [6.45, 7) is 3.99. The second-order valence-corrected chi connectivity index (χ2v) is 6.01. The van der Waals surface area contributed by atoms with Crippen LogP contribution in [0.4, 0.5) is 11.5 Å². The first-order chi connectivity index (χ1) is 10.6. The molecule has 22 heavy (non-hydrogen) atoms. The first-order valence-electron chi connectivity index (χ1n) is 7.06. The number of anilines is 2. The van der Waals surface area contributed by atoms with Gasteiger partial charge in [0.15, 0.2) is 0 Å². The number of benzene rings is 2. The Balaban J connectivity index is 1.98. The number of aryl methyl sites for hydroxylation is 2. The van der Waals surface area contributed by atoms with Crippen molar-refractivity contribution in [1.82, 2.24) is 9.97 Å². The molecule has 2 aromatic carbocycles. The van der Waals surface area contributed by atoms with Crippen molar-refractivity contribution in [3.05, 3.63) is 70.5 Å². The van der Waals surface area contributed by atoms with E-state index in [0.717, 1.165) is 33.1 Å². The molecular formula is C18H16BrN3. The van der Waals surface area contributed by atoms with Crippen molar-refractivity contribution in [2.24, 2.45) is 0 Å². The monoisotopic (exact) mass is 353 g/mol. The molecule has 0 aliphatic heterocycles. The summed E-state index contributed by atoms with van der Waals surface area (Å²) in [5.74, 6) is 1.53. The Morgan fingerprint density at radius 3 is 2.50 bits per heavy atom. The van der Waals surface area contributed by atoms with Crippen molar-refractivity contribution in [2.45, 2.75) is 13.8 Å². The van der Waals surface area contributed by atoms with Gasteiger partial charge in [0.05, 0.1) is 11.4 Å². The highest BCUT2D eigenvalue weighted by atomic mass is 79.9. The summed E-state index contributed by atoms with van der Waals surface area (Å²) in [4.78, 5) is 9.02. The van der Waals surface area contributed by atoms with Crippen molar-refractivity contribution < 1.29 is 0 Å². The third kappa shape index (κ3) is 3.34. The predicted octanol–water partition coefficient (Wildman–Crippen LogP) is 5.27. The highest BCUT2D eigenvalue weighted by Crippen LogP contribution is 2.26. The molecule has 3 rings (SSSR count). The van der Waals surface area contributed by atoms with Crippen LogP contribution >= 0.6 is 15.9 Å². The summed E-state index contributed by atoms with van der Waals surface area (Å²) in [7, 11) is 0. The van der Waals surface area contributed by atoms with Crippen LogP contribution in [0.25, 0.3) is 11.3 Å². The highest BCUT2D eigenvalue weighted by Gasteiger charge is 2.06. The molecule has 0 aliphatic carbocycles. The lowest BCUT2D eigenvalue weighted by Crippen LogP contribution is -1.99. The van der Waals surface area contributed by atoms with Crippen LogP contribution in [0.3, 0.4) is 0 Å². The van der Waals surface area contributed by atoms with Gasteiger partial charge in [0.2, 0.25) is 0 Å². The molecule has 1 heterocycles. The highest BCUT2D eigenvalue weighted by molar-refractivity contribution is 9.10. The third-order valence-electron chi connectivity index (χ3n) is 3.29. The van der Waals surface area contributed by atoms with Crippen LogP contribution in [-0.4, -0.2) is 9.97 Å². The van der Waals surface area contributed by atoms with Gasteiger partial charge in [-0.05, 0) is 48.0 Å². The number of nitrogens with one attached hydrogen (secondary N) is 1. The van der Waals surface area contributed by atoms with E-state index < -0.39 is 0 Å². The van der Waals surface area contributed by atoms with Gasteiger partial charge in [0.25, 0.3) is 0 Å². The Morgan fingerprint density at radius 2 is 1.73 bits per heavy atom. The largest absolute Gasteiger partial charge is 0.339 e. The fourth-order valence-corrected chi connectivity index (χ4v) is 2.67. The lowest BCUT2D eigenvalue weighted by Gasteiger charge is -2.10. The average Bonchev–Trinajstić information content (AvgIpc) is 2.49. The lowest BCUT2D eigenvalue weighted by atomic mass is 10.1. The lowest BCUT2D eigenvalue weighted by molar-refractivity contribution is 1.06. The van der Waals surface area contributed by atoms with Crippen LogP contribution < -0.4 is 5.32 Å². The number of hydrogen-bond acceptors (Lipinski definition) is 3. The minimum absolute atomic E-state index is 0.744. The molecule has 3 nitrogen and oxygen atoms in total. The summed E-state index contributed by atoms with van der Waals surface area (Å²) < 4.78 is 1.00. The quantitative estimate of drug-likeness (QED) is 0.697. The molecule has 0 spiro atoms. The SMILES string of the molecule is Cc1cccc(-c2cc(Nc3ccccc3Br)nc(C)n2)c1. The molecule has 0 saturated carbocycles. The number of hydrogen-bond donors (Lipinski definition) is 1. The Morgan fingerprint density at radius 1 is 0.909 bits per heavy atom. The Hall–Kier alpha value is -2.20. The number of para-hydroxylation sites is 1. The van der Waals surface area contributed by atoms with Gasteiger partial charge in [-0.2, -0.15) is 0 Å². The van der Waals surface area contributed by atoms with E-state index in [-0.39, 0.29) is 0 Å².